The molecule has 4 heterocycles. The molecular formula is C74H78BN3OS. The van der Waals surface area contributed by atoms with Gasteiger partial charge in [-0.2, -0.15) is 0 Å². The maximum absolute atomic E-state index is 7.60. The monoisotopic (exact) mass is 1070 g/mol. The molecule has 0 unspecified atom stereocenters. The Kier molecular flexibility index (Phi) is 12.4. The average Bonchev–Trinajstić information content (AvgIpc) is 4.12. The number of aryl methyl sites for hydroxylation is 2. The summed E-state index contributed by atoms with van der Waals surface area (Å²) in [6, 6.07) is 62.7. The van der Waals surface area contributed by atoms with Crippen LogP contribution >= 0.6 is 11.3 Å². The van der Waals surface area contributed by atoms with Gasteiger partial charge in [-0.25, -0.2) is 0 Å². The fraction of sp³-hybridized carbons (Fsp3) is 0.297. The van der Waals surface area contributed by atoms with Crippen LogP contribution in [-0.4, -0.2) is 6.71 Å². The molecule has 6 heteroatoms. The third kappa shape index (κ3) is 9.07. The molecule has 2 aliphatic heterocycles. The van der Waals surface area contributed by atoms with Crippen LogP contribution in [-0.2, 0) is 27.1 Å². The predicted molar refractivity (Wildman–Crippen MR) is 349 cm³/mol. The van der Waals surface area contributed by atoms with Gasteiger partial charge < -0.3 is 19.1 Å². The molecule has 0 saturated heterocycles. The molecule has 0 spiro atoms. The van der Waals surface area contributed by atoms with Gasteiger partial charge in [0.1, 0.15) is 5.58 Å². The van der Waals surface area contributed by atoms with Crippen molar-refractivity contribution in [2.45, 2.75) is 145 Å². The normalized spacial score (nSPS) is 13.7. The molecule has 2 aromatic heterocycles. The Morgan fingerprint density at radius 3 is 1.44 bits per heavy atom. The first kappa shape index (κ1) is 53.4. The van der Waals surface area contributed by atoms with Crippen molar-refractivity contribution < 1.29 is 4.42 Å². The first-order chi connectivity index (χ1) is 37.6. The van der Waals surface area contributed by atoms with Crippen LogP contribution in [0.1, 0.15) is 143 Å². The van der Waals surface area contributed by atoms with Gasteiger partial charge >= 0.3 is 0 Å². The summed E-state index contributed by atoms with van der Waals surface area (Å²) >= 11 is 1.92. The van der Waals surface area contributed by atoms with E-state index in [4.69, 9.17) is 4.42 Å². The van der Waals surface area contributed by atoms with Gasteiger partial charge in [-0.1, -0.05) is 201 Å². The van der Waals surface area contributed by atoms with E-state index in [0.29, 0.717) is 0 Å². The van der Waals surface area contributed by atoms with Gasteiger partial charge in [-0.3, -0.25) is 0 Å². The molecule has 0 fully saturated rings. The quantitative estimate of drug-likeness (QED) is 0.155. The summed E-state index contributed by atoms with van der Waals surface area (Å²) in [7, 11) is 0. The second-order valence-corrected chi connectivity index (χ2v) is 29.1. The van der Waals surface area contributed by atoms with Gasteiger partial charge in [0.15, 0.2) is 0 Å². The number of hydrogen-bond donors (Lipinski definition) is 0. The summed E-state index contributed by atoms with van der Waals surface area (Å²) in [6.07, 6.45) is 0. The van der Waals surface area contributed by atoms with Crippen molar-refractivity contribution in [3.63, 3.8) is 0 Å². The van der Waals surface area contributed by atoms with Crippen molar-refractivity contribution in [3.05, 3.63) is 203 Å². The average molecular weight is 1070 g/mol. The van der Waals surface area contributed by atoms with Crippen molar-refractivity contribution in [1.82, 2.24) is 0 Å². The smallest absolute Gasteiger partial charge is 0.298 e. The van der Waals surface area contributed by atoms with Crippen molar-refractivity contribution in [2.75, 3.05) is 14.7 Å². The Labute approximate surface area is 481 Å². The summed E-state index contributed by atoms with van der Waals surface area (Å²) in [5.41, 5.74) is 24.6. The first-order valence-corrected chi connectivity index (χ1v) is 29.7. The number of anilines is 9. The molecule has 8 aromatic carbocycles. The van der Waals surface area contributed by atoms with E-state index in [1.165, 1.54) is 76.2 Å². The van der Waals surface area contributed by atoms with Crippen LogP contribution in [0.3, 0.4) is 0 Å². The lowest BCUT2D eigenvalue weighted by atomic mass is 9.35. The highest BCUT2D eigenvalue weighted by molar-refractivity contribution is 7.26. The molecule has 0 bridgehead atoms. The van der Waals surface area contributed by atoms with Crippen molar-refractivity contribution in [3.8, 4) is 11.1 Å². The largest absolute Gasteiger partial charge is 0.468 e. The van der Waals surface area contributed by atoms with Crippen LogP contribution in [0.2, 0.25) is 0 Å². The Balaban J connectivity index is 1.25. The highest BCUT2D eigenvalue weighted by atomic mass is 32.1. The van der Waals surface area contributed by atoms with Crippen molar-refractivity contribution in [2.24, 2.45) is 0 Å². The van der Waals surface area contributed by atoms with Crippen LogP contribution in [0, 0.1) is 13.8 Å². The molecule has 404 valence electrons. The molecule has 0 amide bonds. The van der Waals surface area contributed by atoms with Crippen molar-refractivity contribution in [1.29, 1.82) is 0 Å². The number of nitrogens with zero attached hydrogens (tertiary/aromatic N) is 3. The zero-order valence-electron chi connectivity index (χ0n) is 50.3. The number of hydrogen-bond acceptors (Lipinski definition) is 5. The number of thiophene rings is 1. The lowest BCUT2D eigenvalue weighted by Gasteiger charge is -2.43. The Morgan fingerprint density at radius 2 is 0.912 bits per heavy atom. The summed E-state index contributed by atoms with van der Waals surface area (Å²) in [6.45, 7) is 39.1. The third-order valence-corrected chi connectivity index (χ3v) is 18.2. The second-order valence-electron chi connectivity index (χ2n) is 28.1. The van der Waals surface area contributed by atoms with Crippen LogP contribution in [0.4, 0.5) is 50.5 Å². The molecular weight excluding hydrogens is 990 g/mol. The van der Waals surface area contributed by atoms with Gasteiger partial charge in [-0.05, 0) is 174 Å². The molecule has 12 rings (SSSR count). The van der Waals surface area contributed by atoms with E-state index in [0.717, 1.165) is 62.0 Å². The van der Waals surface area contributed by atoms with Crippen LogP contribution in [0.15, 0.2) is 168 Å². The Hall–Kier alpha value is -7.28. The fourth-order valence-corrected chi connectivity index (χ4v) is 13.6. The van der Waals surface area contributed by atoms with Crippen LogP contribution in [0.25, 0.3) is 32.2 Å². The minimum atomic E-state index is -0.239. The summed E-state index contributed by atoms with van der Waals surface area (Å²) in [5, 5.41) is 3.61. The molecule has 4 nitrogen and oxygen atoms in total. The molecule has 0 radical (unpaired) electrons. The van der Waals surface area contributed by atoms with E-state index in [-0.39, 0.29) is 33.8 Å². The van der Waals surface area contributed by atoms with Crippen LogP contribution in [0.5, 0.6) is 0 Å². The van der Waals surface area contributed by atoms with Gasteiger partial charge in [0.05, 0.1) is 27.7 Å². The van der Waals surface area contributed by atoms with Crippen molar-refractivity contribution >= 4 is 106 Å². The number of fused-ring (bicyclic) bond motifs is 8. The second kappa shape index (κ2) is 18.6. The summed E-state index contributed by atoms with van der Waals surface area (Å²) in [5.74, 6) is 0. The van der Waals surface area contributed by atoms with E-state index in [1.54, 1.807) is 0 Å². The first-order valence-electron chi connectivity index (χ1n) is 28.9. The zero-order valence-corrected chi connectivity index (χ0v) is 51.1. The Morgan fingerprint density at radius 1 is 0.412 bits per heavy atom. The van der Waals surface area contributed by atoms with E-state index < -0.39 is 0 Å². The number of rotatable bonds is 6. The Bertz CT molecular complexity index is 3950. The molecule has 80 heavy (non-hydrogen) atoms. The predicted octanol–water partition coefficient (Wildman–Crippen LogP) is 20.0. The molecule has 10 aromatic rings. The molecule has 0 N–H and O–H groups in total. The zero-order chi connectivity index (χ0) is 56.7. The number of furan rings is 1. The molecule has 0 saturated carbocycles. The van der Waals surface area contributed by atoms with Gasteiger partial charge in [-0.15, -0.1) is 11.3 Å². The minimum Gasteiger partial charge on any atom is -0.468 e. The van der Waals surface area contributed by atoms with Crippen LogP contribution < -0.4 is 31.3 Å². The van der Waals surface area contributed by atoms with E-state index in [2.05, 4.69) is 296 Å². The minimum absolute atomic E-state index is 0.00836. The maximum atomic E-state index is 7.60. The molecule has 2 aliphatic rings. The van der Waals surface area contributed by atoms with E-state index >= 15 is 0 Å². The van der Waals surface area contributed by atoms with E-state index in [1.807, 2.05) is 11.3 Å². The third-order valence-electron chi connectivity index (χ3n) is 17.1. The maximum Gasteiger partial charge on any atom is 0.298 e. The van der Waals surface area contributed by atoms with E-state index in [9.17, 15) is 0 Å². The van der Waals surface area contributed by atoms with Gasteiger partial charge in [0, 0.05) is 38.5 Å². The fourth-order valence-electron chi connectivity index (χ4n) is 12.4. The summed E-state index contributed by atoms with van der Waals surface area (Å²) < 4.78 is 8.87. The molecule has 0 atom stereocenters. The van der Waals surface area contributed by atoms with Gasteiger partial charge in [0.25, 0.3) is 6.71 Å². The lowest BCUT2D eigenvalue weighted by Crippen LogP contribution is -2.60. The number of benzene rings is 8. The highest BCUT2D eigenvalue weighted by Gasteiger charge is 2.49. The standard InChI is InChI=1S/C74H78BN3OS/c1-45-39-53(74(15,16)17)40-46(2)66(45)78-61-44-57(76(54-31-24-49(25-32-54)70(3,4)5)55-33-26-50(27-34-55)71(6,7)8)43-60-65(61)75(64-59-42-52(73(12,13)14)30-38-63(59)80-69(64)78)68-67(77(60)56-35-28-51(29-36-56)72(9,10)11)58-41-48(23-37-62(58)79-68)47-21-19-18-20-22-47/h18-44H,1-17H3. The highest BCUT2D eigenvalue weighted by Crippen LogP contribution is 2.54. The summed E-state index contributed by atoms with van der Waals surface area (Å²) in [4.78, 5) is 7.72. The SMILES string of the molecule is Cc1cc(C(C)(C)C)cc(C)c1N1c2cc(N(c3ccc(C(C)(C)C)cc3)c3ccc(C(C)(C)C)cc3)cc3c2B(c2oc4ccc(-c5ccccc5)cc4c2N3c2ccc(C(C)(C)C)cc2)c2c1sc1ccc(C(C)(C)C)cc21. The van der Waals surface area contributed by atoms with Gasteiger partial charge in [0.2, 0.25) is 0 Å². The topological polar surface area (TPSA) is 22.9 Å². The molecule has 0 aliphatic carbocycles. The lowest BCUT2D eigenvalue weighted by molar-refractivity contribution is 0.589.